The zero-order chi connectivity index (χ0) is 11.0. The number of aromatic carboxylic acids is 1. The molecule has 0 atom stereocenters. The number of rotatable bonds is 1. The van der Waals surface area contributed by atoms with Crippen LogP contribution in [-0.4, -0.2) is 16.2 Å². The van der Waals surface area contributed by atoms with Crippen LogP contribution in [0.3, 0.4) is 0 Å². The van der Waals surface area contributed by atoms with Crippen LogP contribution >= 0.6 is 12.6 Å². The lowest BCUT2D eigenvalue weighted by Crippen LogP contribution is -1.97. The van der Waals surface area contributed by atoms with Crippen molar-refractivity contribution in [2.24, 2.45) is 0 Å². The Morgan fingerprint density at radius 3 is 2.53 bits per heavy atom. The van der Waals surface area contributed by atoms with Crippen LogP contribution in [0.1, 0.15) is 10.4 Å². The van der Waals surface area contributed by atoms with Crippen LogP contribution in [0, 0.1) is 0 Å². The van der Waals surface area contributed by atoms with Gasteiger partial charge in [0.25, 0.3) is 0 Å². The molecule has 15 heavy (non-hydrogen) atoms. The summed E-state index contributed by atoms with van der Waals surface area (Å²) in [7, 11) is 0. The van der Waals surface area contributed by atoms with E-state index in [0.29, 0.717) is 15.7 Å². The van der Waals surface area contributed by atoms with Gasteiger partial charge in [0.05, 0.1) is 10.5 Å². The van der Waals surface area contributed by atoms with Crippen molar-refractivity contribution in [2.75, 3.05) is 0 Å². The van der Waals surface area contributed by atoms with Crippen LogP contribution in [0.4, 0.5) is 0 Å². The highest BCUT2D eigenvalue weighted by Crippen LogP contribution is 2.31. The molecule has 3 nitrogen and oxygen atoms in total. The Kier molecular flexibility index (Phi) is 2.28. The van der Waals surface area contributed by atoms with Crippen LogP contribution in [0.5, 0.6) is 5.75 Å². The summed E-state index contributed by atoms with van der Waals surface area (Å²) >= 11 is 4.14. The minimum atomic E-state index is -0.987. The molecule has 4 heteroatoms. The number of hydrogen-bond acceptors (Lipinski definition) is 3. The standard InChI is InChI=1S/C11H8O3S/c12-9-5-4-6-7(10(9)15)2-1-3-8(6)11(13)14/h1-5,12,15H,(H,13,14). The summed E-state index contributed by atoms with van der Waals surface area (Å²) in [5.74, 6) is -0.938. The van der Waals surface area contributed by atoms with Gasteiger partial charge in [0, 0.05) is 0 Å². The molecule has 0 spiro atoms. The fraction of sp³-hybridized carbons (Fsp3) is 0. The van der Waals surface area contributed by atoms with E-state index in [-0.39, 0.29) is 11.3 Å². The topological polar surface area (TPSA) is 57.5 Å². The molecule has 0 saturated heterocycles. The molecule has 2 rings (SSSR count). The molecule has 0 heterocycles. The number of carbonyl (C=O) groups is 1. The van der Waals surface area contributed by atoms with Crippen LogP contribution in [0.15, 0.2) is 35.2 Å². The Morgan fingerprint density at radius 2 is 1.87 bits per heavy atom. The quantitative estimate of drug-likeness (QED) is 0.647. The summed E-state index contributed by atoms with van der Waals surface area (Å²) in [5.41, 5.74) is 0.211. The van der Waals surface area contributed by atoms with Gasteiger partial charge in [-0.2, -0.15) is 0 Å². The maximum Gasteiger partial charge on any atom is 0.336 e. The van der Waals surface area contributed by atoms with E-state index in [4.69, 9.17) is 5.11 Å². The molecular formula is C11H8O3S. The van der Waals surface area contributed by atoms with E-state index in [1.54, 1.807) is 18.2 Å². The minimum absolute atomic E-state index is 0.0494. The second-order valence-electron chi connectivity index (χ2n) is 3.14. The van der Waals surface area contributed by atoms with E-state index in [9.17, 15) is 9.90 Å². The van der Waals surface area contributed by atoms with Gasteiger partial charge in [-0.3, -0.25) is 0 Å². The second kappa shape index (κ2) is 3.47. The van der Waals surface area contributed by atoms with Gasteiger partial charge in [-0.25, -0.2) is 4.79 Å². The highest BCUT2D eigenvalue weighted by Gasteiger charge is 2.10. The van der Waals surface area contributed by atoms with Crippen molar-refractivity contribution in [2.45, 2.75) is 4.90 Å². The fourth-order valence-corrected chi connectivity index (χ4v) is 1.79. The average Bonchev–Trinajstić information content (AvgIpc) is 2.23. The molecule has 0 bridgehead atoms. The second-order valence-corrected chi connectivity index (χ2v) is 3.59. The van der Waals surface area contributed by atoms with E-state index in [1.165, 1.54) is 12.1 Å². The number of hydrogen-bond donors (Lipinski definition) is 3. The number of phenols is 1. The summed E-state index contributed by atoms with van der Waals surface area (Å²) in [5, 5.41) is 19.6. The third-order valence-corrected chi connectivity index (χ3v) is 2.71. The monoisotopic (exact) mass is 220 g/mol. The molecule has 0 aliphatic heterocycles. The Balaban J connectivity index is 2.89. The Bertz CT molecular complexity index is 549. The first kappa shape index (κ1) is 9.86. The minimum Gasteiger partial charge on any atom is -0.507 e. The zero-order valence-electron chi connectivity index (χ0n) is 7.64. The van der Waals surface area contributed by atoms with Gasteiger partial charge in [0.15, 0.2) is 0 Å². The lowest BCUT2D eigenvalue weighted by atomic mass is 10.0. The zero-order valence-corrected chi connectivity index (χ0v) is 8.53. The van der Waals surface area contributed by atoms with Gasteiger partial charge in [-0.15, -0.1) is 12.6 Å². The van der Waals surface area contributed by atoms with Gasteiger partial charge < -0.3 is 10.2 Å². The number of fused-ring (bicyclic) bond motifs is 1. The van der Waals surface area contributed by atoms with Crippen molar-refractivity contribution < 1.29 is 15.0 Å². The van der Waals surface area contributed by atoms with Crippen molar-refractivity contribution in [3.63, 3.8) is 0 Å². The first-order valence-corrected chi connectivity index (χ1v) is 4.73. The third kappa shape index (κ3) is 1.53. The molecule has 2 aromatic carbocycles. The number of carboxylic acid groups (broad SMARTS) is 1. The normalized spacial score (nSPS) is 10.5. The number of carboxylic acids is 1. The highest BCUT2D eigenvalue weighted by molar-refractivity contribution is 7.80. The van der Waals surface area contributed by atoms with Gasteiger partial charge in [0.1, 0.15) is 5.75 Å². The van der Waals surface area contributed by atoms with Crippen molar-refractivity contribution in [3.8, 4) is 5.75 Å². The third-order valence-electron chi connectivity index (χ3n) is 2.24. The maximum atomic E-state index is 10.9. The number of thiol groups is 1. The lowest BCUT2D eigenvalue weighted by molar-refractivity contribution is 0.0699. The molecule has 2 N–H and O–H groups in total. The molecule has 76 valence electrons. The van der Waals surface area contributed by atoms with Crippen molar-refractivity contribution in [1.82, 2.24) is 0 Å². The maximum absolute atomic E-state index is 10.9. The molecule has 0 radical (unpaired) electrons. The predicted molar refractivity (Wildman–Crippen MR) is 59.8 cm³/mol. The molecule has 0 unspecified atom stereocenters. The number of aromatic hydroxyl groups is 1. The van der Waals surface area contributed by atoms with Gasteiger partial charge in [-0.05, 0) is 29.0 Å². The molecule has 0 aliphatic carbocycles. The molecular weight excluding hydrogens is 212 g/mol. The molecule has 0 aliphatic rings. The molecule has 0 amide bonds. The Hall–Kier alpha value is -1.68. The fourth-order valence-electron chi connectivity index (χ4n) is 1.52. The van der Waals surface area contributed by atoms with Crippen LogP contribution in [-0.2, 0) is 0 Å². The van der Waals surface area contributed by atoms with Gasteiger partial charge in [-0.1, -0.05) is 12.1 Å². The van der Waals surface area contributed by atoms with E-state index < -0.39 is 5.97 Å². The Morgan fingerprint density at radius 1 is 1.13 bits per heavy atom. The van der Waals surface area contributed by atoms with E-state index >= 15 is 0 Å². The highest BCUT2D eigenvalue weighted by atomic mass is 32.1. The average molecular weight is 220 g/mol. The van der Waals surface area contributed by atoms with Crippen molar-refractivity contribution >= 4 is 29.4 Å². The Labute approximate surface area is 91.4 Å². The summed E-state index contributed by atoms with van der Waals surface area (Å²) < 4.78 is 0. The van der Waals surface area contributed by atoms with Gasteiger partial charge >= 0.3 is 5.97 Å². The lowest BCUT2D eigenvalue weighted by Gasteiger charge is -2.05. The van der Waals surface area contributed by atoms with Crippen LogP contribution in [0.2, 0.25) is 0 Å². The van der Waals surface area contributed by atoms with E-state index in [2.05, 4.69) is 12.6 Å². The molecule has 0 saturated carbocycles. The summed E-state index contributed by atoms with van der Waals surface area (Å²) in [6, 6.07) is 7.90. The smallest absolute Gasteiger partial charge is 0.336 e. The first-order valence-electron chi connectivity index (χ1n) is 4.28. The largest absolute Gasteiger partial charge is 0.507 e. The summed E-state index contributed by atoms with van der Waals surface area (Å²) in [6.45, 7) is 0. The van der Waals surface area contributed by atoms with Crippen LogP contribution < -0.4 is 0 Å². The molecule has 0 fully saturated rings. The molecule has 0 aromatic heterocycles. The van der Waals surface area contributed by atoms with Gasteiger partial charge in [0.2, 0.25) is 0 Å². The molecule has 2 aromatic rings. The first-order chi connectivity index (χ1) is 7.11. The predicted octanol–water partition coefficient (Wildman–Crippen LogP) is 2.53. The number of benzene rings is 2. The van der Waals surface area contributed by atoms with E-state index in [1.807, 2.05) is 0 Å². The van der Waals surface area contributed by atoms with Crippen molar-refractivity contribution in [3.05, 3.63) is 35.9 Å². The summed E-state index contributed by atoms with van der Waals surface area (Å²) in [6.07, 6.45) is 0. The SMILES string of the molecule is O=C(O)c1cccc2c(S)c(O)ccc12. The number of phenolic OH excluding ortho intramolecular Hbond substituents is 1. The summed E-state index contributed by atoms with van der Waals surface area (Å²) in [4.78, 5) is 11.3. The van der Waals surface area contributed by atoms with Crippen molar-refractivity contribution in [1.29, 1.82) is 0 Å². The van der Waals surface area contributed by atoms with E-state index in [0.717, 1.165) is 0 Å². The van der Waals surface area contributed by atoms with Crippen LogP contribution in [0.25, 0.3) is 10.8 Å².